The molecule has 0 heterocycles. The van der Waals surface area contributed by atoms with Crippen molar-refractivity contribution in [3.8, 4) is 0 Å². The molecule has 27 heavy (non-hydrogen) atoms. The minimum atomic E-state index is 0.521. The molecule has 3 rings (SSSR count). The molecule has 0 bridgehead atoms. The second-order valence-electron chi connectivity index (χ2n) is 11.6. The average Bonchev–Trinajstić information content (AvgIpc) is 2.99. The Bertz CT molecular complexity index is 514. The van der Waals surface area contributed by atoms with Crippen LogP contribution >= 0.6 is 0 Å². The van der Waals surface area contributed by atoms with Crippen LogP contribution in [-0.4, -0.2) is 0 Å². The maximum Gasteiger partial charge on any atom is -0.0155 e. The third kappa shape index (κ3) is 4.40. The zero-order chi connectivity index (χ0) is 20.5. The third-order valence-corrected chi connectivity index (χ3v) is 9.35. The molecule has 0 aromatic heterocycles. The fraction of sp³-hybridized carbons (Fsp3) is 0.852. The number of hydrogen-bond donors (Lipinski definition) is 0. The second-order valence-corrected chi connectivity index (χ2v) is 11.6. The fourth-order valence-electron chi connectivity index (χ4n) is 7.72. The molecular formula is C27H48. The van der Waals surface area contributed by atoms with E-state index in [0.717, 1.165) is 23.7 Å². The van der Waals surface area contributed by atoms with Crippen LogP contribution in [0.1, 0.15) is 106 Å². The highest BCUT2D eigenvalue weighted by molar-refractivity contribution is 5.08. The van der Waals surface area contributed by atoms with Gasteiger partial charge in [0.15, 0.2) is 0 Å². The van der Waals surface area contributed by atoms with Gasteiger partial charge in [-0.2, -0.15) is 0 Å². The Balaban J connectivity index is 0.00000126. The van der Waals surface area contributed by atoms with Crippen molar-refractivity contribution >= 4 is 0 Å². The van der Waals surface area contributed by atoms with E-state index in [2.05, 4.69) is 61.3 Å². The Morgan fingerprint density at radius 3 is 2.26 bits per heavy atom. The van der Waals surface area contributed by atoms with Gasteiger partial charge >= 0.3 is 0 Å². The normalized spacial score (nSPS) is 43.3. The van der Waals surface area contributed by atoms with Crippen molar-refractivity contribution in [1.29, 1.82) is 0 Å². The fourth-order valence-corrected chi connectivity index (χ4v) is 7.72. The van der Waals surface area contributed by atoms with Gasteiger partial charge in [-0.05, 0) is 98.2 Å². The summed E-state index contributed by atoms with van der Waals surface area (Å²) < 4.78 is 0. The molecule has 0 radical (unpaired) electrons. The van der Waals surface area contributed by atoms with E-state index in [9.17, 15) is 0 Å². The van der Waals surface area contributed by atoms with Crippen LogP contribution in [0, 0.1) is 39.9 Å². The van der Waals surface area contributed by atoms with Crippen molar-refractivity contribution in [1.82, 2.24) is 0 Å². The largest absolute Gasteiger partial charge is 0.106 e. The maximum atomic E-state index is 4.34. The van der Waals surface area contributed by atoms with Gasteiger partial charge in [0.25, 0.3) is 0 Å². The first-order chi connectivity index (χ1) is 12.6. The van der Waals surface area contributed by atoms with E-state index in [4.69, 9.17) is 0 Å². The van der Waals surface area contributed by atoms with Gasteiger partial charge in [0, 0.05) is 0 Å². The van der Waals surface area contributed by atoms with E-state index < -0.39 is 0 Å². The Hall–Kier alpha value is -0.520. The number of allylic oxidation sites excluding steroid dienone is 1. The summed E-state index contributed by atoms with van der Waals surface area (Å²) in [7, 11) is 0. The van der Waals surface area contributed by atoms with Crippen LogP contribution < -0.4 is 0 Å². The highest BCUT2D eigenvalue weighted by atomic mass is 14.6. The van der Waals surface area contributed by atoms with E-state index in [-0.39, 0.29) is 0 Å². The molecule has 6 atom stereocenters. The van der Waals surface area contributed by atoms with Crippen LogP contribution in [0.3, 0.4) is 0 Å². The van der Waals surface area contributed by atoms with Gasteiger partial charge in [0.05, 0.1) is 0 Å². The summed E-state index contributed by atoms with van der Waals surface area (Å²) in [6.45, 7) is 25.6. The first kappa shape index (κ1) is 22.8. The molecule has 3 fully saturated rings. The van der Waals surface area contributed by atoms with E-state index in [1.54, 1.807) is 0 Å². The monoisotopic (exact) mass is 372 g/mol. The molecule has 0 nitrogen and oxygen atoms in total. The molecule has 0 aromatic rings. The third-order valence-electron chi connectivity index (χ3n) is 9.35. The molecule has 0 heteroatoms. The summed E-state index contributed by atoms with van der Waals surface area (Å²) in [6, 6.07) is 0. The van der Waals surface area contributed by atoms with Crippen molar-refractivity contribution in [3.63, 3.8) is 0 Å². The van der Waals surface area contributed by atoms with Gasteiger partial charge in [0.2, 0.25) is 0 Å². The summed E-state index contributed by atoms with van der Waals surface area (Å²) in [5.74, 6) is 3.63. The minimum Gasteiger partial charge on any atom is -0.106 e. The Morgan fingerprint density at radius 2 is 1.63 bits per heavy atom. The zero-order valence-electron chi connectivity index (χ0n) is 19.5. The lowest BCUT2D eigenvalue weighted by Crippen LogP contribution is -2.50. The predicted octanol–water partition coefficient (Wildman–Crippen LogP) is 8.83. The van der Waals surface area contributed by atoms with Gasteiger partial charge in [-0.15, -0.1) is 13.2 Å². The quantitative estimate of drug-likeness (QED) is 0.432. The Kier molecular flexibility index (Phi) is 7.13. The number of fused-ring (bicyclic) bond motifs is 1. The van der Waals surface area contributed by atoms with Gasteiger partial charge < -0.3 is 0 Å². The molecule has 0 amide bonds. The Labute approximate surface area is 171 Å². The van der Waals surface area contributed by atoms with Crippen molar-refractivity contribution < 1.29 is 0 Å². The standard InChI is InChI=1S/C25H44.C2H4/c1-18(2)21-9-8-13-24(21,6)15-12-22-23(4,5)14-11-20-17-19(3)10-16-25(20,22)7;1-2/h19-22H,1,8-17H2,2-7H3;1-2H2. The van der Waals surface area contributed by atoms with Crippen LogP contribution in [0.4, 0.5) is 0 Å². The topological polar surface area (TPSA) is 0 Å². The highest BCUT2D eigenvalue weighted by Crippen LogP contribution is 2.62. The van der Waals surface area contributed by atoms with Crippen molar-refractivity contribution in [2.24, 2.45) is 39.9 Å². The minimum absolute atomic E-state index is 0.521. The SMILES string of the molecule is C=C.C=C(C)C1CCCC1(C)CCC1C(C)(C)CCC2CC(C)CCC21C. The van der Waals surface area contributed by atoms with Crippen LogP contribution in [0.5, 0.6) is 0 Å². The lowest BCUT2D eigenvalue weighted by atomic mass is 9.46. The van der Waals surface area contributed by atoms with Crippen LogP contribution in [0.25, 0.3) is 0 Å². The average molecular weight is 373 g/mol. The van der Waals surface area contributed by atoms with E-state index in [1.165, 1.54) is 69.8 Å². The van der Waals surface area contributed by atoms with Crippen LogP contribution in [0.15, 0.2) is 25.3 Å². The lowest BCUT2D eigenvalue weighted by molar-refractivity contribution is -0.0906. The molecule has 6 unspecified atom stereocenters. The molecule has 156 valence electrons. The van der Waals surface area contributed by atoms with E-state index in [1.807, 2.05) is 0 Å². The summed E-state index contributed by atoms with van der Waals surface area (Å²) in [4.78, 5) is 0. The summed E-state index contributed by atoms with van der Waals surface area (Å²) in [5.41, 5.74) is 3.09. The molecule has 3 saturated carbocycles. The molecule has 0 aromatic carbocycles. The van der Waals surface area contributed by atoms with Gasteiger partial charge in [-0.3, -0.25) is 0 Å². The lowest BCUT2D eigenvalue weighted by Gasteiger charge is -2.59. The second kappa shape index (κ2) is 8.46. The molecule has 0 aliphatic heterocycles. The first-order valence-corrected chi connectivity index (χ1v) is 11.7. The Morgan fingerprint density at radius 1 is 0.963 bits per heavy atom. The van der Waals surface area contributed by atoms with Crippen molar-refractivity contribution in [3.05, 3.63) is 25.3 Å². The molecule has 0 N–H and O–H groups in total. The predicted molar refractivity (Wildman–Crippen MR) is 122 cm³/mol. The zero-order valence-corrected chi connectivity index (χ0v) is 19.5. The highest BCUT2D eigenvalue weighted by Gasteiger charge is 2.53. The first-order valence-electron chi connectivity index (χ1n) is 11.7. The molecule has 0 spiro atoms. The molecule has 3 aliphatic carbocycles. The van der Waals surface area contributed by atoms with Crippen LogP contribution in [0.2, 0.25) is 0 Å². The van der Waals surface area contributed by atoms with Gasteiger partial charge in [-0.1, -0.05) is 59.6 Å². The molecule has 0 saturated heterocycles. The van der Waals surface area contributed by atoms with Crippen molar-refractivity contribution in [2.45, 2.75) is 106 Å². The number of hydrogen-bond acceptors (Lipinski definition) is 0. The summed E-state index contributed by atoms with van der Waals surface area (Å²) >= 11 is 0. The molecule has 3 aliphatic rings. The van der Waals surface area contributed by atoms with Gasteiger partial charge in [0.1, 0.15) is 0 Å². The smallest absolute Gasteiger partial charge is 0.0155 e. The summed E-state index contributed by atoms with van der Waals surface area (Å²) in [5, 5.41) is 0. The van der Waals surface area contributed by atoms with Gasteiger partial charge in [-0.25, -0.2) is 0 Å². The number of rotatable bonds is 4. The summed E-state index contributed by atoms with van der Waals surface area (Å²) in [6.07, 6.45) is 14.5. The van der Waals surface area contributed by atoms with E-state index >= 15 is 0 Å². The maximum absolute atomic E-state index is 4.34. The molecular weight excluding hydrogens is 324 g/mol. The van der Waals surface area contributed by atoms with Crippen LogP contribution in [-0.2, 0) is 0 Å². The van der Waals surface area contributed by atoms with E-state index in [0.29, 0.717) is 16.2 Å². The van der Waals surface area contributed by atoms with Crippen molar-refractivity contribution in [2.75, 3.05) is 0 Å².